The van der Waals surface area contributed by atoms with Gasteiger partial charge in [-0.3, -0.25) is 0 Å². The van der Waals surface area contributed by atoms with Gasteiger partial charge in [0.15, 0.2) is 0 Å². The lowest BCUT2D eigenvalue weighted by molar-refractivity contribution is -0.134. The third-order valence-electron chi connectivity index (χ3n) is 3.96. The number of ether oxygens (including phenoxy) is 2. The average Bonchev–Trinajstić information content (AvgIpc) is 2.93. The number of rotatable bonds is 6. The summed E-state index contributed by atoms with van der Waals surface area (Å²) in [6, 6.07) is 5.45. The van der Waals surface area contributed by atoms with Crippen molar-refractivity contribution in [1.29, 1.82) is 0 Å². The summed E-state index contributed by atoms with van der Waals surface area (Å²) in [5, 5.41) is 0.960. The zero-order valence-corrected chi connectivity index (χ0v) is 15.1. The van der Waals surface area contributed by atoms with Crippen LogP contribution in [0.5, 0.6) is 5.75 Å². The molecule has 0 fully saturated rings. The van der Waals surface area contributed by atoms with E-state index in [-0.39, 0.29) is 6.09 Å². The first-order chi connectivity index (χ1) is 12.0. The van der Waals surface area contributed by atoms with Crippen LogP contribution in [0.15, 0.2) is 30.5 Å². The van der Waals surface area contributed by atoms with Crippen molar-refractivity contribution in [1.82, 2.24) is 9.47 Å². The maximum Gasteiger partial charge on any atom is 0.414 e. The minimum atomic E-state index is -0.405. The van der Waals surface area contributed by atoms with Crippen molar-refractivity contribution in [3.8, 4) is 5.75 Å². The highest BCUT2D eigenvalue weighted by molar-refractivity contribution is 5.95. The molecule has 6 nitrogen and oxygen atoms in total. The Bertz CT molecular complexity index is 792. The lowest BCUT2D eigenvalue weighted by atomic mass is 10.1. The van der Waals surface area contributed by atoms with Crippen molar-refractivity contribution in [2.24, 2.45) is 7.05 Å². The van der Waals surface area contributed by atoms with Crippen LogP contribution in [0.2, 0.25) is 0 Å². The minimum absolute atomic E-state index is 0.368. The van der Waals surface area contributed by atoms with Crippen LogP contribution in [0.1, 0.15) is 25.3 Å². The predicted molar refractivity (Wildman–Crippen MR) is 97.5 cm³/mol. The highest BCUT2D eigenvalue weighted by Crippen LogP contribution is 2.26. The zero-order valence-electron chi connectivity index (χ0n) is 15.1. The number of nitrogens with zero attached hydrogens (tertiary/aromatic N) is 2. The zero-order chi connectivity index (χ0) is 18.4. The van der Waals surface area contributed by atoms with E-state index in [0.29, 0.717) is 12.3 Å². The molecule has 6 heteroatoms. The number of hydrogen-bond donors (Lipinski definition) is 0. The molecule has 0 atom stereocenters. The van der Waals surface area contributed by atoms with Crippen LogP contribution in [-0.4, -0.2) is 42.2 Å². The number of benzene rings is 1. The van der Waals surface area contributed by atoms with E-state index in [2.05, 4.69) is 11.7 Å². The quantitative estimate of drug-likeness (QED) is 0.593. The molecule has 0 radical (unpaired) electrons. The predicted octanol–water partition coefficient (Wildman–Crippen LogP) is 3.60. The topological polar surface area (TPSA) is 60.8 Å². The Morgan fingerprint density at radius 3 is 2.76 bits per heavy atom. The van der Waals surface area contributed by atoms with Gasteiger partial charge in [0.2, 0.25) is 0 Å². The van der Waals surface area contributed by atoms with E-state index in [1.807, 2.05) is 29.9 Å². The fourth-order valence-corrected chi connectivity index (χ4v) is 2.48. The summed E-state index contributed by atoms with van der Waals surface area (Å²) >= 11 is 0. The fraction of sp³-hybridized carbons (Fsp3) is 0.368. The molecule has 1 heterocycles. The summed E-state index contributed by atoms with van der Waals surface area (Å²) in [6.45, 7) is 2.75. The molecule has 0 unspecified atom stereocenters. The molecular formula is C19H24N2O4. The summed E-state index contributed by atoms with van der Waals surface area (Å²) in [4.78, 5) is 24.9. The monoisotopic (exact) mass is 344 g/mol. The number of hydrogen-bond acceptors (Lipinski definition) is 4. The second-order valence-corrected chi connectivity index (χ2v) is 5.87. The first kappa shape index (κ1) is 18.6. The van der Waals surface area contributed by atoms with Crippen LogP contribution in [0, 0.1) is 0 Å². The molecule has 25 heavy (non-hydrogen) atoms. The molecule has 0 aliphatic rings. The molecular weight excluding hydrogens is 320 g/mol. The lowest BCUT2D eigenvalue weighted by Gasteiger charge is -2.16. The van der Waals surface area contributed by atoms with Gasteiger partial charge in [-0.05, 0) is 24.6 Å². The van der Waals surface area contributed by atoms with Gasteiger partial charge >= 0.3 is 12.1 Å². The number of carbonyl (C=O) groups is 2. The summed E-state index contributed by atoms with van der Waals surface area (Å²) in [7, 11) is 4.97. The molecule has 1 amide bonds. The Balaban J connectivity index is 2.20. The van der Waals surface area contributed by atoms with Crippen molar-refractivity contribution >= 4 is 29.0 Å². The second-order valence-electron chi connectivity index (χ2n) is 5.87. The smallest absolute Gasteiger partial charge is 0.414 e. The highest BCUT2D eigenvalue weighted by Gasteiger charge is 2.12. The van der Waals surface area contributed by atoms with E-state index in [1.165, 1.54) is 13.2 Å². The van der Waals surface area contributed by atoms with E-state index < -0.39 is 5.97 Å². The molecule has 2 rings (SSSR count). The van der Waals surface area contributed by atoms with Crippen molar-refractivity contribution in [2.45, 2.75) is 19.8 Å². The molecule has 0 saturated heterocycles. The first-order valence-corrected chi connectivity index (χ1v) is 8.24. The number of methoxy groups -OCH3 is 1. The lowest BCUT2D eigenvalue weighted by Crippen LogP contribution is -2.30. The molecule has 0 aliphatic carbocycles. The molecule has 0 N–H and O–H groups in total. The molecule has 0 aliphatic heterocycles. The van der Waals surface area contributed by atoms with Crippen molar-refractivity contribution in [2.75, 3.05) is 20.7 Å². The van der Waals surface area contributed by atoms with Crippen LogP contribution in [-0.2, 0) is 16.6 Å². The van der Waals surface area contributed by atoms with E-state index >= 15 is 0 Å². The third kappa shape index (κ3) is 4.62. The Morgan fingerprint density at radius 2 is 2.08 bits per heavy atom. The van der Waals surface area contributed by atoms with Crippen molar-refractivity contribution < 1.29 is 19.1 Å². The number of esters is 1. The number of aryl methyl sites for hydroxylation is 1. The van der Waals surface area contributed by atoms with Gasteiger partial charge in [0.25, 0.3) is 0 Å². The van der Waals surface area contributed by atoms with Gasteiger partial charge in [0, 0.05) is 49.9 Å². The molecule has 0 bridgehead atoms. The maximum absolute atomic E-state index is 12.1. The van der Waals surface area contributed by atoms with Crippen LogP contribution >= 0.6 is 0 Å². The number of amides is 1. The summed E-state index contributed by atoms with van der Waals surface area (Å²) in [6.07, 6.45) is 6.59. The second kappa shape index (κ2) is 8.37. The average molecular weight is 344 g/mol. The number of unbranched alkanes of at least 4 members (excludes halogenated alkanes) is 1. The van der Waals surface area contributed by atoms with E-state index in [1.54, 1.807) is 24.1 Å². The Morgan fingerprint density at radius 1 is 1.32 bits per heavy atom. The summed E-state index contributed by atoms with van der Waals surface area (Å²) < 4.78 is 12.0. The van der Waals surface area contributed by atoms with E-state index in [4.69, 9.17) is 4.74 Å². The summed E-state index contributed by atoms with van der Waals surface area (Å²) in [5.41, 5.74) is 1.80. The fourth-order valence-electron chi connectivity index (χ4n) is 2.48. The van der Waals surface area contributed by atoms with Gasteiger partial charge in [-0.1, -0.05) is 13.3 Å². The van der Waals surface area contributed by atoms with E-state index in [9.17, 15) is 9.59 Å². The summed E-state index contributed by atoms with van der Waals surface area (Å²) in [5.74, 6) is 0.0863. The van der Waals surface area contributed by atoms with Crippen LogP contribution in [0.4, 0.5) is 4.79 Å². The molecule has 1 aromatic heterocycles. The Hall–Kier alpha value is -2.76. The van der Waals surface area contributed by atoms with Crippen molar-refractivity contribution in [3.05, 3.63) is 36.0 Å². The number of carbonyl (C=O) groups excluding carboxylic acids is 2. The molecule has 1 aromatic carbocycles. The number of fused-ring (bicyclic) bond motifs is 1. The van der Waals surface area contributed by atoms with Gasteiger partial charge in [-0.25, -0.2) is 9.59 Å². The molecule has 0 spiro atoms. The normalized spacial score (nSPS) is 11.0. The van der Waals surface area contributed by atoms with Crippen LogP contribution in [0.3, 0.4) is 0 Å². The van der Waals surface area contributed by atoms with Gasteiger partial charge in [-0.15, -0.1) is 0 Å². The molecule has 0 saturated carbocycles. The minimum Gasteiger partial charge on any atom is -0.466 e. The highest BCUT2D eigenvalue weighted by atomic mass is 16.6. The van der Waals surface area contributed by atoms with E-state index in [0.717, 1.165) is 29.3 Å². The van der Waals surface area contributed by atoms with Gasteiger partial charge in [0.1, 0.15) is 5.75 Å². The largest absolute Gasteiger partial charge is 0.466 e. The molecule has 134 valence electrons. The Kier molecular flexibility index (Phi) is 6.22. The van der Waals surface area contributed by atoms with Gasteiger partial charge in [0.05, 0.1) is 12.6 Å². The maximum atomic E-state index is 12.1. The standard InChI is InChI=1S/C19H24N2O4/c1-5-6-11-20(2)19(23)25-15-8-9-16-14(7-10-18(22)24-4)13-21(3)17(16)12-15/h7-10,12-13H,5-6,11H2,1-4H3/b10-7+. The van der Waals surface area contributed by atoms with Crippen LogP contribution < -0.4 is 4.74 Å². The Labute approximate surface area is 147 Å². The number of aromatic nitrogens is 1. The SMILES string of the molecule is CCCCN(C)C(=O)Oc1ccc2c(/C=C/C(=O)OC)cn(C)c2c1. The van der Waals surface area contributed by atoms with Crippen LogP contribution in [0.25, 0.3) is 17.0 Å². The van der Waals surface area contributed by atoms with Gasteiger partial charge in [-0.2, -0.15) is 0 Å². The van der Waals surface area contributed by atoms with Crippen molar-refractivity contribution in [3.63, 3.8) is 0 Å². The first-order valence-electron chi connectivity index (χ1n) is 8.24. The van der Waals surface area contributed by atoms with Gasteiger partial charge < -0.3 is 18.9 Å². The molecule has 2 aromatic rings. The third-order valence-corrected chi connectivity index (χ3v) is 3.96.